The van der Waals surface area contributed by atoms with Gasteiger partial charge in [-0.05, 0) is 60.1 Å². The van der Waals surface area contributed by atoms with Crippen molar-refractivity contribution in [3.63, 3.8) is 0 Å². The summed E-state index contributed by atoms with van der Waals surface area (Å²) in [5.74, 6) is 2.14. The summed E-state index contributed by atoms with van der Waals surface area (Å²) < 4.78 is 5.36. The molecule has 0 bridgehead atoms. The summed E-state index contributed by atoms with van der Waals surface area (Å²) in [6.07, 6.45) is 0. The molecule has 0 radical (unpaired) electrons. The third-order valence-electron chi connectivity index (χ3n) is 4.48. The Morgan fingerprint density at radius 2 is 1.93 bits per heavy atom. The number of rotatable bonds is 8. The zero-order chi connectivity index (χ0) is 18.9. The number of guanidine groups is 1. The van der Waals surface area contributed by atoms with E-state index in [-0.39, 0.29) is 30.0 Å². The first kappa shape index (κ1) is 23.7. The third-order valence-corrected chi connectivity index (χ3v) is 5.18. The molecule has 0 saturated heterocycles. The van der Waals surface area contributed by atoms with Gasteiger partial charge < -0.3 is 20.3 Å². The molecule has 2 aromatic rings. The van der Waals surface area contributed by atoms with E-state index in [0.717, 1.165) is 24.8 Å². The Bertz CT molecular complexity index is 691. The largest absolute Gasteiger partial charge is 0.497 e. The van der Waals surface area contributed by atoms with E-state index in [1.807, 2.05) is 12.1 Å². The molecule has 1 aromatic carbocycles. The van der Waals surface area contributed by atoms with Crippen molar-refractivity contribution >= 4 is 41.3 Å². The molecule has 27 heavy (non-hydrogen) atoms. The molecule has 0 aliphatic rings. The van der Waals surface area contributed by atoms with Gasteiger partial charge in [-0.2, -0.15) is 11.3 Å². The fourth-order valence-electron chi connectivity index (χ4n) is 2.78. The molecule has 0 saturated carbocycles. The number of halogens is 1. The molecule has 2 atom stereocenters. The van der Waals surface area contributed by atoms with Crippen LogP contribution in [0, 0.1) is 0 Å². The first-order valence-electron chi connectivity index (χ1n) is 8.82. The Labute approximate surface area is 184 Å². The molecule has 0 aliphatic carbocycles. The van der Waals surface area contributed by atoms with E-state index in [9.17, 15) is 0 Å². The monoisotopic (exact) mass is 502 g/mol. The number of nitrogens with one attached hydrogen (secondary N) is 2. The number of ether oxygens (including phenoxy) is 1. The Hall–Kier alpha value is -1.32. The van der Waals surface area contributed by atoms with E-state index in [0.29, 0.717) is 5.92 Å². The van der Waals surface area contributed by atoms with E-state index < -0.39 is 0 Å². The summed E-state index contributed by atoms with van der Waals surface area (Å²) in [5.41, 5.74) is 2.57. The first-order valence-corrected chi connectivity index (χ1v) is 9.76. The van der Waals surface area contributed by atoms with Gasteiger partial charge in [0.2, 0.25) is 0 Å². The molecule has 1 aromatic heterocycles. The molecule has 0 fully saturated rings. The highest BCUT2D eigenvalue weighted by molar-refractivity contribution is 14.0. The van der Waals surface area contributed by atoms with Gasteiger partial charge in [-0.3, -0.25) is 4.99 Å². The number of nitrogens with zero attached hydrogens (tertiary/aromatic N) is 2. The van der Waals surface area contributed by atoms with Crippen molar-refractivity contribution in [1.29, 1.82) is 0 Å². The molecule has 5 nitrogen and oxygen atoms in total. The number of thiophene rings is 1. The highest BCUT2D eigenvalue weighted by Crippen LogP contribution is 2.22. The van der Waals surface area contributed by atoms with Gasteiger partial charge in [0.15, 0.2) is 5.96 Å². The van der Waals surface area contributed by atoms with Crippen LogP contribution in [0.5, 0.6) is 5.75 Å². The maximum absolute atomic E-state index is 5.36. The van der Waals surface area contributed by atoms with Gasteiger partial charge in [0.25, 0.3) is 0 Å². The lowest BCUT2D eigenvalue weighted by molar-refractivity contribution is 0.297. The lowest BCUT2D eigenvalue weighted by atomic mass is 10.1. The predicted molar refractivity (Wildman–Crippen MR) is 127 cm³/mol. The van der Waals surface area contributed by atoms with Crippen LogP contribution in [0.1, 0.15) is 30.0 Å². The molecule has 7 heteroatoms. The van der Waals surface area contributed by atoms with Crippen molar-refractivity contribution in [2.24, 2.45) is 4.99 Å². The summed E-state index contributed by atoms with van der Waals surface area (Å²) >= 11 is 1.74. The van der Waals surface area contributed by atoms with E-state index in [2.05, 4.69) is 70.5 Å². The van der Waals surface area contributed by atoms with Crippen molar-refractivity contribution in [2.45, 2.75) is 18.9 Å². The van der Waals surface area contributed by atoms with E-state index in [1.165, 1.54) is 11.1 Å². The molecule has 2 N–H and O–H groups in total. The second-order valence-electron chi connectivity index (χ2n) is 6.55. The minimum Gasteiger partial charge on any atom is -0.497 e. The zero-order valence-corrected chi connectivity index (χ0v) is 19.9. The fraction of sp³-hybridized carbons (Fsp3) is 0.450. The highest BCUT2D eigenvalue weighted by atomic mass is 127. The Morgan fingerprint density at radius 3 is 2.52 bits per heavy atom. The summed E-state index contributed by atoms with van der Waals surface area (Å²) in [6.45, 7) is 3.83. The maximum atomic E-state index is 5.36. The Morgan fingerprint density at radius 1 is 1.19 bits per heavy atom. The van der Waals surface area contributed by atoms with Gasteiger partial charge in [-0.1, -0.05) is 19.1 Å². The van der Waals surface area contributed by atoms with Gasteiger partial charge in [-0.15, -0.1) is 24.0 Å². The van der Waals surface area contributed by atoms with Crippen molar-refractivity contribution in [3.8, 4) is 5.75 Å². The number of methoxy groups -OCH3 is 1. The van der Waals surface area contributed by atoms with Gasteiger partial charge in [0.1, 0.15) is 5.75 Å². The van der Waals surface area contributed by atoms with E-state index in [1.54, 1.807) is 25.5 Å². The lowest BCUT2D eigenvalue weighted by Gasteiger charge is -2.26. The van der Waals surface area contributed by atoms with Crippen molar-refractivity contribution < 1.29 is 4.74 Å². The number of aliphatic imine (C=N–C) groups is 1. The normalized spacial score (nSPS) is 13.6. The number of likely N-dealkylation sites (N-methyl/N-ethyl adjacent to an activating group) is 1. The summed E-state index contributed by atoms with van der Waals surface area (Å²) in [4.78, 5) is 6.55. The van der Waals surface area contributed by atoms with Crippen LogP contribution in [0.2, 0.25) is 0 Å². The minimum atomic E-state index is 0. The van der Waals surface area contributed by atoms with Crippen molar-refractivity contribution in [1.82, 2.24) is 15.5 Å². The molecule has 0 spiro atoms. The summed E-state index contributed by atoms with van der Waals surface area (Å²) in [5, 5.41) is 11.2. The van der Waals surface area contributed by atoms with Crippen LogP contribution >= 0.6 is 35.3 Å². The highest BCUT2D eigenvalue weighted by Gasteiger charge is 2.16. The molecular weight excluding hydrogens is 471 g/mol. The molecule has 2 unspecified atom stereocenters. The molecule has 1 heterocycles. The van der Waals surface area contributed by atoms with Crippen LogP contribution in [0.25, 0.3) is 0 Å². The third kappa shape index (κ3) is 7.31. The van der Waals surface area contributed by atoms with Crippen LogP contribution in [-0.4, -0.2) is 52.2 Å². The van der Waals surface area contributed by atoms with Gasteiger partial charge >= 0.3 is 0 Å². The maximum Gasteiger partial charge on any atom is 0.191 e. The number of hydrogen-bond acceptors (Lipinski definition) is 4. The van der Waals surface area contributed by atoms with E-state index in [4.69, 9.17) is 4.74 Å². The summed E-state index contributed by atoms with van der Waals surface area (Å²) in [7, 11) is 7.67. The van der Waals surface area contributed by atoms with Crippen LogP contribution in [-0.2, 0) is 0 Å². The van der Waals surface area contributed by atoms with Crippen LogP contribution in [0.3, 0.4) is 0 Å². The van der Waals surface area contributed by atoms with Crippen molar-refractivity contribution in [3.05, 3.63) is 52.2 Å². The minimum absolute atomic E-state index is 0. The van der Waals surface area contributed by atoms with Crippen LogP contribution in [0.4, 0.5) is 0 Å². The van der Waals surface area contributed by atoms with E-state index >= 15 is 0 Å². The number of hydrogen-bond donors (Lipinski definition) is 2. The van der Waals surface area contributed by atoms with Gasteiger partial charge in [-0.25, -0.2) is 0 Å². The van der Waals surface area contributed by atoms with Crippen molar-refractivity contribution in [2.75, 3.05) is 41.3 Å². The van der Waals surface area contributed by atoms with Crippen LogP contribution in [0.15, 0.2) is 46.1 Å². The number of benzene rings is 1. The Kier molecular flexibility index (Phi) is 10.7. The quantitative estimate of drug-likeness (QED) is 0.326. The van der Waals surface area contributed by atoms with Gasteiger partial charge in [0.05, 0.1) is 13.2 Å². The second kappa shape index (κ2) is 12.2. The van der Waals surface area contributed by atoms with Crippen LogP contribution < -0.4 is 15.4 Å². The molecule has 150 valence electrons. The summed E-state index contributed by atoms with van der Waals surface area (Å²) in [6, 6.07) is 10.6. The second-order valence-corrected chi connectivity index (χ2v) is 7.33. The SMILES string of the molecule is CN=C(NCC(C)c1ccsc1)NCC(c1cccc(OC)c1)N(C)C.I. The molecule has 2 rings (SSSR count). The fourth-order valence-corrected chi connectivity index (χ4v) is 3.57. The molecule has 0 amide bonds. The first-order chi connectivity index (χ1) is 12.5. The standard InChI is InChI=1S/C20H30N4OS.HI/c1-15(17-9-10-26-14-17)12-22-20(21-2)23-13-19(24(3)4)16-7-6-8-18(11-16)25-5;/h6-11,14-15,19H,12-13H2,1-5H3,(H2,21,22,23);1H. The topological polar surface area (TPSA) is 48.9 Å². The zero-order valence-electron chi connectivity index (χ0n) is 16.7. The smallest absolute Gasteiger partial charge is 0.191 e. The lowest BCUT2D eigenvalue weighted by Crippen LogP contribution is -2.42. The predicted octanol–water partition coefficient (Wildman–Crippen LogP) is 3.95. The molecular formula is C20H31IN4OS. The average molecular weight is 502 g/mol. The van der Waals surface area contributed by atoms with Gasteiger partial charge in [0, 0.05) is 20.1 Å². The molecule has 0 aliphatic heterocycles. The Balaban J connectivity index is 0.00000364. The average Bonchev–Trinajstić information content (AvgIpc) is 3.19.